The topological polar surface area (TPSA) is 68.3 Å². The first kappa shape index (κ1) is 17.2. The fourth-order valence-corrected chi connectivity index (χ4v) is 8.68. The van der Waals surface area contributed by atoms with Gasteiger partial charge in [0.15, 0.2) is 23.8 Å². The third kappa shape index (κ3) is 2.58. The summed E-state index contributed by atoms with van der Waals surface area (Å²) in [5.41, 5.74) is 0. The lowest BCUT2D eigenvalue weighted by atomic mass is 10.00. The summed E-state index contributed by atoms with van der Waals surface area (Å²) in [5.74, 6) is 0. The normalized spacial score (nSPS) is 18.2. The fraction of sp³-hybridized carbons (Fsp3) is 0.333. The highest BCUT2D eigenvalue weighted by molar-refractivity contribution is 8.10. The van der Waals surface area contributed by atoms with Gasteiger partial charge in [-0.2, -0.15) is 0 Å². The van der Waals surface area contributed by atoms with Crippen molar-refractivity contribution < 1.29 is 16.8 Å². The van der Waals surface area contributed by atoms with E-state index in [1.54, 1.807) is 36.4 Å². The zero-order valence-electron chi connectivity index (χ0n) is 13.3. The molecule has 2 aromatic rings. The lowest BCUT2D eigenvalue weighted by molar-refractivity contribution is 0.435. The third-order valence-electron chi connectivity index (χ3n) is 4.70. The molecule has 0 atom stereocenters. The van der Waals surface area contributed by atoms with Crippen LogP contribution in [0.5, 0.6) is 0 Å². The van der Waals surface area contributed by atoms with Crippen molar-refractivity contribution in [3.05, 3.63) is 60.7 Å². The Morgan fingerprint density at radius 1 is 0.583 bits per heavy atom. The quantitative estimate of drug-likeness (QED) is 0.831. The van der Waals surface area contributed by atoms with Crippen molar-refractivity contribution in [1.29, 1.82) is 0 Å². The van der Waals surface area contributed by atoms with E-state index in [0.29, 0.717) is 12.8 Å². The van der Waals surface area contributed by atoms with Crippen molar-refractivity contribution in [3.63, 3.8) is 0 Å². The van der Waals surface area contributed by atoms with Crippen LogP contribution < -0.4 is 0 Å². The number of hydrogen-bond acceptors (Lipinski definition) is 4. The summed E-state index contributed by atoms with van der Waals surface area (Å²) in [6.45, 7) is 0. The van der Waals surface area contributed by atoms with Gasteiger partial charge in [-0.25, -0.2) is 16.8 Å². The molecule has 1 fully saturated rings. The maximum atomic E-state index is 13.4. The molecule has 0 N–H and O–H groups in total. The monoisotopic (exact) mass is 364 g/mol. The van der Waals surface area contributed by atoms with E-state index in [2.05, 4.69) is 0 Å². The summed E-state index contributed by atoms with van der Waals surface area (Å²) in [6.07, 6.45) is 2.33. The summed E-state index contributed by atoms with van der Waals surface area (Å²) in [4.78, 5) is 0.151. The number of hydrogen-bond donors (Lipinski definition) is 0. The molecule has 0 spiro atoms. The lowest BCUT2D eigenvalue weighted by Crippen LogP contribution is -2.47. The first-order chi connectivity index (χ1) is 11.4. The average molecular weight is 364 g/mol. The van der Waals surface area contributed by atoms with Crippen LogP contribution in [0.1, 0.15) is 32.1 Å². The van der Waals surface area contributed by atoms with Crippen LogP contribution in [0.4, 0.5) is 0 Å². The molecule has 0 bridgehead atoms. The second-order valence-corrected chi connectivity index (χ2v) is 10.9. The van der Waals surface area contributed by atoms with Crippen LogP contribution in [0.3, 0.4) is 0 Å². The van der Waals surface area contributed by atoms with Gasteiger partial charge in [0, 0.05) is 0 Å². The molecule has 0 saturated heterocycles. The standard InChI is InChI=1S/C18H20O4S2/c19-23(20,16-10-4-1-5-11-16)18(14-8-3-9-15-18)24(21,22)17-12-6-2-7-13-17/h1-2,4-7,10-13H,3,8-9,14-15H2. The Hall–Kier alpha value is -1.66. The first-order valence-electron chi connectivity index (χ1n) is 8.01. The maximum Gasteiger partial charge on any atom is 0.198 e. The van der Waals surface area contributed by atoms with E-state index < -0.39 is 23.8 Å². The minimum Gasteiger partial charge on any atom is -0.222 e. The summed E-state index contributed by atoms with van der Waals surface area (Å²) in [5, 5.41) is 0. The third-order valence-corrected chi connectivity index (χ3v) is 10.6. The van der Waals surface area contributed by atoms with E-state index in [4.69, 9.17) is 0 Å². The average Bonchev–Trinajstić information content (AvgIpc) is 2.63. The molecule has 0 amide bonds. The van der Waals surface area contributed by atoms with Gasteiger partial charge in [-0.05, 0) is 37.1 Å². The summed E-state index contributed by atoms with van der Waals surface area (Å²) in [7, 11) is -8.03. The molecule has 6 heteroatoms. The van der Waals surface area contributed by atoms with Gasteiger partial charge >= 0.3 is 0 Å². The molecule has 4 nitrogen and oxygen atoms in total. The number of benzene rings is 2. The van der Waals surface area contributed by atoms with Gasteiger partial charge in [0.25, 0.3) is 0 Å². The van der Waals surface area contributed by atoms with Gasteiger partial charge in [0.1, 0.15) is 0 Å². The predicted molar refractivity (Wildman–Crippen MR) is 93.1 cm³/mol. The second-order valence-electron chi connectivity index (χ2n) is 6.10. The van der Waals surface area contributed by atoms with E-state index in [-0.39, 0.29) is 22.6 Å². The molecule has 0 heterocycles. The van der Waals surface area contributed by atoms with Gasteiger partial charge in [-0.1, -0.05) is 55.7 Å². The summed E-state index contributed by atoms with van der Waals surface area (Å²) in [6, 6.07) is 15.8. The Balaban J connectivity index is 2.24. The Morgan fingerprint density at radius 2 is 0.958 bits per heavy atom. The number of sulfone groups is 2. The Bertz CT molecular complexity index is 825. The van der Waals surface area contributed by atoms with Crippen LogP contribution in [0.25, 0.3) is 0 Å². The van der Waals surface area contributed by atoms with E-state index in [1.165, 1.54) is 24.3 Å². The first-order valence-corrected chi connectivity index (χ1v) is 11.0. The van der Waals surface area contributed by atoms with Gasteiger partial charge in [0.05, 0.1) is 9.79 Å². The molecule has 0 aromatic heterocycles. The van der Waals surface area contributed by atoms with Crippen molar-refractivity contribution in [1.82, 2.24) is 0 Å². The second kappa shape index (κ2) is 6.33. The van der Waals surface area contributed by atoms with E-state index in [1.807, 2.05) is 0 Å². The highest BCUT2D eigenvalue weighted by Gasteiger charge is 2.56. The molecule has 24 heavy (non-hydrogen) atoms. The van der Waals surface area contributed by atoms with Crippen LogP contribution in [-0.2, 0) is 19.7 Å². The predicted octanol–water partition coefficient (Wildman–Crippen LogP) is 3.59. The molecular formula is C18H20O4S2. The molecule has 0 aliphatic heterocycles. The lowest BCUT2D eigenvalue weighted by Gasteiger charge is -2.36. The molecule has 0 radical (unpaired) electrons. The Morgan fingerprint density at radius 3 is 1.33 bits per heavy atom. The minimum atomic E-state index is -4.02. The van der Waals surface area contributed by atoms with Gasteiger partial charge in [-0.15, -0.1) is 0 Å². The Labute approximate surface area is 143 Å². The van der Waals surface area contributed by atoms with Crippen LogP contribution in [0.2, 0.25) is 0 Å². The minimum absolute atomic E-state index is 0.0754. The molecule has 2 aromatic carbocycles. The van der Waals surface area contributed by atoms with Crippen molar-refractivity contribution in [2.45, 2.75) is 46.0 Å². The molecule has 1 aliphatic carbocycles. The van der Waals surface area contributed by atoms with Gasteiger partial charge in [-0.3, -0.25) is 0 Å². The number of rotatable bonds is 4. The van der Waals surface area contributed by atoms with E-state index in [9.17, 15) is 16.8 Å². The highest BCUT2D eigenvalue weighted by atomic mass is 32.3. The van der Waals surface area contributed by atoms with Crippen molar-refractivity contribution >= 4 is 19.7 Å². The maximum absolute atomic E-state index is 13.4. The molecule has 0 unspecified atom stereocenters. The molecule has 128 valence electrons. The van der Waals surface area contributed by atoms with Crippen LogP contribution in [0, 0.1) is 0 Å². The Kier molecular flexibility index (Phi) is 4.53. The van der Waals surface area contributed by atoms with Crippen molar-refractivity contribution in [2.75, 3.05) is 0 Å². The van der Waals surface area contributed by atoms with Gasteiger partial charge in [0.2, 0.25) is 0 Å². The molecular weight excluding hydrogens is 344 g/mol. The molecule has 1 saturated carbocycles. The summed E-state index contributed by atoms with van der Waals surface area (Å²) >= 11 is 0. The van der Waals surface area contributed by atoms with E-state index >= 15 is 0 Å². The van der Waals surface area contributed by atoms with Gasteiger partial charge < -0.3 is 0 Å². The largest absolute Gasteiger partial charge is 0.222 e. The van der Waals surface area contributed by atoms with E-state index in [0.717, 1.165) is 6.42 Å². The SMILES string of the molecule is O=S(=O)(c1ccccc1)C1(S(=O)(=O)c2ccccc2)CCCCC1. The van der Waals surface area contributed by atoms with Crippen LogP contribution in [0.15, 0.2) is 70.5 Å². The van der Waals surface area contributed by atoms with Crippen LogP contribution in [-0.4, -0.2) is 20.9 Å². The smallest absolute Gasteiger partial charge is 0.198 e. The van der Waals surface area contributed by atoms with Crippen molar-refractivity contribution in [3.8, 4) is 0 Å². The van der Waals surface area contributed by atoms with Crippen LogP contribution >= 0.6 is 0 Å². The zero-order chi connectivity index (χ0) is 17.3. The fourth-order valence-electron chi connectivity index (χ4n) is 3.40. The zero-order valence-corrected chi connectivity index (χ0v) is 14.9. The molecule has 1 aliphatic rings. The molecule has 3 rings (SSSR count). The highest BCUT2D eigenvalue weighted by Crippen LogP contribution is 2.45. The summed E-state index contributed by atoms with van der Waals surface area (Å²) < 4.78 is 51.6. The van der Waals surface area contributed by atoms with Crippen molar-refractivity contribution in [2.24, 2.45) is 0 Å².